The molecule has 92 valence electrons. The molecule has 0 aromatic heterocycles. The van der Waals surface area contributed by atoms with Crippen LogP contribution in [0.2, 0.25) is 5.02 Å². The summed E-state index contributed by atoms with van der Waals surface area (Å²) in [5, 5.41) is 4.10. The van der Waals surface area contributed by atoms with Crippen LogP contribution in [0, 0.1) is 5.41 Å². The first-order valence-corrected chi connectivity index (χ1v) is 6.64. The number of nitrogens with one attached hydrogen (secondary N) is 1. The predicted octanol–water partition coefficient (Wildman–Crippen LogP) is 3.21. The van der Waals surface area contributed by atoms with Crippen LogP contribution in [0.4, 0.5) is 0 Å². The van der Waals surface area contributed by atoms with Crippen molar-refractivity contribution in [1.29, 1.82) is 0 Å². The van der Waals surface area contributed by atoms with E-state index in [0.717, 1.165) is 5.75 Å². The van der Waals surface area contributed by atoms with E-state index in [1.54, 1.807) is 7.11 Å². The highest BCUT2D eigenvalue weighted by Crippen LogP contribution is 2.49. The summed E-state index contributed by atoms with van der Waals surface area (Å²) >= 11 is 6.06. The molecule has 0 amide bonds. The van der Waals surface area contributed by atoms with Crippen LogP contribution in [0.5, 0.6) is 5.75 Å². The zero-order chi connectivity index (χ0) is 11.9. The predicted molar refractivity (Wildman–Crippen MR) is 69.9 cm³/mol. The van der Waals surface area contributed by atoms with Gasteiger partial charge in [-0.25, -0.2) is 0 Å². The van der Waals surface area contributed by atoms with Crippen molar-refractivity contribution >= 4 is 11.6 Å². The van der Waals surface area contributed by atoms with Crippen LogP contribution < -0.4 is 10.1 Å². The van der Waals surface area contributed by atoms with E-state index in [1.807, 2.05) is 6.07 Å². The number of halogens is 1. The molecule has 1 aromatic rings. The van der Waals surface area contributed by atoms with Gasteiger partial charge in [-0.15, -0.1) is 0 Å². The van der Waals surface area contributed by atoms with E-state index in [0.29, 0.717) is 16.4 Å². The quantitative estimate of drug-likeness (QED) is 0.872. The van der Waals surface area contributed by atoms with Gasteiger partial charge in [-0.3, -0.25) is 0 Å². The zero-order valence-electron chi connectivity index (χ0n) is 10.1. The Bertz CT molecular complexity index is 428. The average molecular weight is 252 g/mol. The Kier molecular flexibility index (Phi) is 2.80. The van der Waals surface area contributed by atoms with E-state index in [4.69, 9.17) is 16.3 Å². The molecule has 2 aliphatic rings. The first-order valence-electron chi connectivity index (χ1n) is 6.27. The maximum Gasteiger partial charge on any atom is 0.137 e. The second-order valence-electron chi connectivity index (χ2n) is 5.44. The average Bonchev–Trinajstić information content (AvgIpc) is 2.74. The van der Waals surface area contributed by atoms with E-state index < -0.39 is 0 Å². The van der Waals surface area contributed by atoms with Gasteiger partial charge in [0.2, 0.25) is 0 Å². The highest BCUT2D eigenvalue weighted by Gasteiger charge is 2.43. The monoisotopic (exact) mass is 251 g/mol. The number of rotatable bonds is 2. The van der Waals surface area contributed by atoms with Crippen LogP contribution in [-0.2, 0) is 0 Å². The molecule has 1 aliphatic heterocycles. The molecule has 1 atom stereocenters. The SMILES string of the molecule is COc1cc(C2CCC3(CNC3)C2)ccc1Cl. The first kappa shape index (κ1) is 11.4. The number of methoxy groups -OCH3 is 1. The fourth-order valence-corrected chi connectivity index (χ4v) is 3.42. The van der Waals surface area contributed by atoms with Crippen LogP contribution in [0.1, 0.15) is 30.7 Å². The standard InChI is InChI=1S/C14H18ClNO/c1-17-13-6-10(2-3-12(13)15)11-4-5-14(7-11)8-16-9-14/h2-3,6,11,16H,4-5,7-9H2,1H3. The van der Waals surface area contributed by atoms with Gasteiger partial charge in [0.15, 0.2) is 0 Å². The number of hydrogen-bond donors (Lipinski definition) is 1. The van der Waals surface area contributed by atoms with Gasteiger partial charge in [0.25, 0.3) is 0 Å². The Labute approximate surface area is 107 Å². The van der Waals surface area contributed by atoms with E-state index >= 15 is 0 Å². The Morgan fingerprint density at radius 3 is 2.82 bits per heavy atom. The van der Waals surface area contributed by atoms with Crippen molar-refractivity contribution < 1.29 is 4.74 Å². The van der Waals surface area contributed by atoms with E-state index in [-0.39, 0.29) is 0 Å². The number of benzene rings is 1. The molecule has 0 radical (unpaired) electrons. The van der Waals surface area contributed by atoms with Crippen molar-refractivity contribution in [3.63, 3.8) is 0 Å². The molecule has 2 nitrogen and oxygen atoms in total. The summed E-state index contributed by atoms with van der Waals surface area (Å²) in [6, 6.07) is 6.22. The van der Waals surface area contributed by atoms with Crippen LogP contribution in [0.15, 0.2) is 18.2 Å². The molecule has 1 N–H and O–H groups in total. The van der Waals surface area contributed by atoms with Gasteiger partial charge in [0, 0.05) is 13.1 Å². The second kappa shape index (κ2) is 4.18. The van der Waals surface area contributed by atoms with Crippen molar-refractivity contribution in [2.24, 2.45) is 5.41 Å². The van der Waals surface area contributed by atoms with Gasteiger partial charge in [-0.2, -0.15) is 0 Å². The highest BCUT2D eigenvalue weighted by molar-refractivity contribution is 6.32. The smallest absolute Gasteiger partial charge is 0.137 e. The van der Waals surface area contributed by atoms with Crippen molar-refractivity contribution in [2.75, 3.05) is 20.2 Å². The van der Waals surface area contributed by atoms with Gasteiger partial charge >= 0.3 is 0 Å². The van der Waals surface area contributed by atoms with Gasteiger partial charge in [0.1, 0.15) is 5.75 Å². The lowest BCUT2D eigenvalue weighted by atomic mass is 9.79. The topological polar surface area (TPSA) is 21.3 Å². The van der Waals surface area contributed by atoms with Crippen molar-refractivity contribution in [2.45, 2.75) is 25.2 Å². The van der Waals surface area contributed by atoms with Crippen molar-refractivity contribution in [1.82, 2.24) is 5.32 Å². The molecule has 17 heavy (non-hydrogen) atoms. The summed E-state index contributed by atoms with van der Waals surface area (Å²) in [5.74, 6) is 1.49. The molecule has 1 heterocycles. The molecule has 3 heteroatoms. The molecule has 1 saturated heterocycles. The van der Waals surface area contributed by atoms with Gasteiger partial charge < -0.3 is 10.1 Å². The minimum absolute atomic E-state index is 0.595. The molecule has 3 rings (SSSR count). The summed E-state index contributed by atoms with van der Waals surface area (Å²) in [5.41, 5.74) is 1.98. The van der Waals surface area contributed by atoms with Crippen molar-refractivity contribution in [3.05, 3.63) is 28.8 Å². The zero-order valence-corrected chi connectivity index (χ0v) is 10.9. The lowest BCUT2D eigenvalue weighted by molar-refractivity contribution is 0.175. The lowest BCUT2D eigenvalue weighted by Gasteiger charge is -2.39. The van der Waals surface area contributed by atoms with Crippen LogP contribution >= 0.6 is 11.6 Å². The number of hydrogen-bond acceptors (Lipinski definition) is 2. The molecule has 1 saturated carbocycles. The van der Waals surface area contributed by atoms with Gasteiger partial charge in [-0.1, -0.05) is 17.7 Å². The van der Waals surface area contributed by atoms with E-state index in [9.17, 15) is 0 Å². The molecule has 1 aliphatic carbocycles. The molecule has 1 spiro atoms. The molecule has 0 bridgehead atoms. The fraction of sp³-hybridized carbons (Fsp3) is 0.571. The van der Waals surface area contributed by atoms with E-state index in [2.05, 4.69) is 17.4 Å². The summed E-state index contributed by atoms with van der Waals surface area (Å²) in [4.78, 5) is 0. The van der Waals surface area contributed by atoms with Gasteiger partial charge in [-0.05, 0) is 48.3 Å². The summed E-state index contributed by atoms with van der Waals surface area (Å²) in [6.07, 6.45) is 3.97. The first-order chi connectivity index (χ1) is 8.22. The maximum atomic E-state index is 6.06. The third-order valence-electron chi connectivity index (χ3n) is 4.35. The van der Waals surface area contributed by atoms with Crippen LogP contribution in [-0.4, -0.2) is 20.2 Å². The maximum absolute atomic E-state index is 6.06. The largest absolute Gasteiger partial charge is 0.495 e. The van der Waals surface area contributed by atoms with E-state index in [1.165, 1.54) is 37.9 Å². The Balaban J connectivity index is 1.80. The summed E-state index contributed by atoms with van der Waals surface area (Å²) in [6.45, 7) is 2.41. The molecular weight excluding hydrogens is 234 g/mol. The third-order valence-corrected chi connectivity index (χ3v) is 4.66. The minimum Gasteiger partial charge on any atom is -0.495 e. The fourth-order valence-electron chi connectivity index (χ4n) is 3.22. The number of ether oxygens (including phenoxy) is 1. The van der Waals surface area contributed by atoms with Crippen LogP contribution in [0.3, 0.4) is 0 Å². The highest BCUT2D eigenvalue weighted by atomic mass is 35.5. The van der Waals surface area contributed by atoms with Crippen molar-refractivity contribution in [3.8, 4) is 5.75 Å². The van der Waals surface area contributed by atoms with Crippen LogP contribution in [0.25, 0.3) is 0 Å². The molecular formula is C14H18ClNO. The summed E-state index contributed by atoms with van der Waals surface area (Å²) < 4.78 is 5.29. The molecule has 1 unspecified atom stereocenters. The van der Waals surface area contributed by atoms with Gasteiger partial charge in [0.05, 0.1) is 12.1 Å². The lowest BCUT2D eigenvalue weighted by Crippen LogP contribution is -2.51. The normalized spacial score (nSPS) is 25.9. The second-order valence-corrected chi connectivity index (χ2v) is 5.84. The summed E-state index contributed by atoms with van der Waals surface area (Å²) in [7, 11) is 1.68. The molecule has 1 aromatic carbocycles. The Morgan fingerprint density at radius 2 is 2.24 bits per heavy atom. The minimum atomic E-state index is 0.595. The Morgan fingerprint density at radius 1 is 1.41 bits per heavy atom. The third kappa shape index (κ3) is 1.94. The Hall–Kier alpha value is -0.730. The molecule has 2 fully saturated rings.